The zero-order chi connectivity index (χ0) is 22.5. The molecule has 9 heteroatoms. The summed E-state index contributed by atoms with van der Waals surface area (Å²) in [6, 6.07) is 9.09. The van der Waals surface area contributed by atoms with Crippen LogP contribution in [0, 0.1) is 20.8 Å². The first-order valence-electron chi connectivity index (χ1n) is 9.52. The zero-order valence-electron chi connectivity index (χ0n) is 18.0. The molecule has 31 heavy (non-hydrogen) atoms. The second kappa shape index (κ2) is 9.65. The molecule has 0 spiro atoms. The average Bonchev–Trinajstić information content (AvgIpc) is 2.74. The highest BCUT2D eigenvalue weighted by molar-refractivity contribution is 7.99. The van der Waals surface area contributed by atoms with E-state index in [2.05, 4.69) is 20.5 Å². The summed E-state index contributed by atoms with van der Waals surface area (Å²) in [6.45, 7) is 5.93. The van der Waals surface area contributed by atoms with Crippen LogP contribution in [0.2, 0.25) is 0 Å². The lowest BCUT2D eigenvalue weighted by atomic mass is 10.1. The van der Waals surface area contributed by atoms with E-state index in [0.29, 0.717) is 17.1 Å². The van der Waals surface area contributed by atoms with Crippen molar-refractivity contribution in [2.24, 2.45) is 0 Å². The first kappa shape index (κ1) is 22.4. The minimum Gasteiger partial charge on any atom is -0.493 e. The zero-order valence-corrected chi connectivity index (χ0v) is 18.8. The Kier molecular flexibility index (Phi) is 6.96. The van der Waals surface area contributed by atoms with Gasteiger partial charge in [-0.1, -0.05) is 29.5 Å². The maximum absolute atomic E-state index is 12.5. The summed E-state index contributed by atoms with van der Waals surface area (Å²) in [6.07, 6.45) is 0. The van der Waals surface area contributed by atoms with Crippen LogP contribution in [0.1, 0.15) is 16.7 Å². The van der Waals surface area contributed by atoms with E-state index in [0.717, 1.165) is 34.1 Å². The first-order valence-corrected chi connectivity index (χ1v) is 10.5. The van der Waals surface area contributed by atoms with Crippen molar-refractivity contribution in [2.75, 3.05) is 25.3 Å². The summed E-state index contributed by atoms with van der Waals surface area (Å²) in [5, 5.41) is 11.3. The number of carbonyl (C=O) groups is 1. The van der Waals surface area contributed by atoms with Crippen molar-refractivity contribution in [2.45, 2.75) is 25.9 Å². The van der Waals surface area contributed by atoms with Crippen LogP contribution < -0.4 is 20.3 Å². The van der Waals surface area contributed by atoms with Crippen molar-refractivity contribution in [3.8, 4) is 22.8 Å². The van der Waals surface area contributed by atoms with Gasteiger partial charge in [-0.2, -0.15) is 0 Å². The molecule has 0 aliphatic carbocycles. The van der Waals surface area contributed by atoms with Gasteiger partial charge in [-0.05, 0) is 50.1 Å². The molecule has 0 bridgehead atoms. The Hall–Kier alpha value is -3.33. The van der Waals surface area contributed by atoms with Gasteiger partial charge in [0.05, 0.1) is 20.0 Å². The number of carbonyl (C=O) groups excluding carboxylic acids is 1. The predicted molar refractivity (Wildman–Crippen MR) is 121 cm³/mol. The van der Waals surface area contributed by atoms with Crippen LogP contribution in [0.15, 0.2) is 40.3 Å². The maximum atomic E-state index is 12.5. The molecular formula is C22H24N4O4S. The highest BCUT2D eigenvalue weighted by Gasteiger charge is 2.14. The van der Waals surface area contributed by atoms with E-state index in [1.54, 1.807) is 18.2 Å². The topological polar surface area (TPSA) is 106 Å². The quantitative estimate of drug-likeness (QED) is 0.542. The number of aromatic amines is 1. The molecule has 3 rings (SSSR count). The van der Waals surface area contributed by atoms with Crippen molar-refractivity contribution >= 4 is 23.4 Å². The third kappa shape index (κ3) is 5.24. The second-order valence-electron chi connectivity index (χ2n) is 6.99. The normalized spacial score (nSPS) is 10.6. The summed E-state index contributed by atoms with van der Waals surface area (Å²) >= 11 is 1.11. The summed E-state index contributed by atoms with van der Waals surface area (Å²) < 4.78 is 10.5. The number of nitrogens with zero attached hydrogens (tertiary/aromatic N) is 2. The molecule has 0 atom stereocenters. The molecule has 0 unspecified atom stereocenters. The highest BCUT2D eigenvalue weighted by Crippen LogP contribution is 2.30. The number of nitrogens with one attached hydrogen (secondary N) is 2. The number of aryl methyl sites for hydroxylation is 3. The fourth-order valence-corrected chi connectivity index (χ4v) is 3.85. The number of methoxy groups -OCH3 is 2. The molecule has 2 aromatic carbocycles. The van der Waals surface area contributed by atoms with Crippen LogP contribution in [0.4, 0.5) is 5.69 Å². The molecule has 0 saturated heterocycles. The lowest BCUT2D eigenvalue weighted by Gasteiger charge is -2.12. The van der Waals surface area contributed by atoms with E-state index in [1.165, 1.54) is 14.2 Å². The molecule has 0 fully saturated rings. The summed E-state index contributed by atoms with van der Waals surface area (Å²) in [7, 11) is 3.05. The van der Waals surface area contributed by atoms with E-state index in [4.69, 9.17) is 9.47 Å². The summed E-state index contributed by atoms with van der Waals surface area (Å²) in [4.78, 5) is 27.6. The van der Waals surface area contributed by atoms with Gasteiger partial charge < -0.3 is 14.8 Å². The number of H-pyrrole nitrogens is 1. The van der Waals surface area contributed by atoms with Gasteiger partial charge in [0.25, 0.3) is 5.56 Å². The first-order chi connectivity index (χ1) is 14.8. The molecule has 0 aliphatic heterocycles. The van der Waals surface area contributed by atoms with Gasteiger partial charge in [0, 0.05) is 11.3 Å². The van der Waals surface area contributed by atoms with Gasteiger partial charge in [-0.25, -0.2) is 0 Å². The smallest absolute Gasteiger partial charge is 0.278 e. The number of aromatic nitrogens is 3. The molecule has 162 valence electrons. The van der Waals surface area contributed by atoms with Crippen LogP contribution in [-0.4, -0.2) is 41.1 Å². The number of hydrogen-bond donors (Lipinski definition) is 2. The van der Waals surface area contributed by atoms with E-state index >= 15 is 0 Å². The lowest BCUT2D eigenvalue weighted by Crippen LogP contribution is -2.18. The molecule has 0 aliphatic rings. The van der Waals surface area contributed by atoms with Gasteiger partial charge in [-0.3, -0.25) is 14.6 Å². The van der Waals surface area contributed by atoms with Crippen LogP contribution in [0.3, 0.4) is 0 Å². The Bertz CT molecular complexity index is 1150. The second-order valence-corrected chi connectivity index (χ2v) is 7.95. The van der Waals surface area contributed by atoms with Crippen molar-refractivity contribution in [1.29, 1.82) is 0 Å². The number of anilines is 1. The molecule has 1 aromatic heterocycles. The predicted octanol–water partition coefficient (Wildman–Crippen LogP) is 3.51. The SMILES string of the molecule is COc1ccc(-c2nnc(SCC(=O)Nc3c(C)cc(C)cc3C)[nH]c2=O)cc1OC. The van der Waals surface area contributed by atoms with Gasteiger partial charge in [0.2, 0.25) is 5.91 Å². The van der Waals surface area contributed by atoms with Crippen molar-refractivity contribution < 1.29 is 14.3 Å². The summed E-state index contributed by atoms with van der Waals surface area (Å²) in [5.41, 5.74) is 4.25. The van der Waals surface area contributed by atoms with E-state index < -0.39 is 5.56 Å². The average molecular weight is 441 g/mol. The van der Waals surface area contributed by atoms with Crippen LogP contribution >= 0.6 is 11.8 Å². The highest BCUT2D eigenvalue weighted by atomic mass is 32.2. The third-order valence-corrected chi connectivity index (χ3v) is 5.48. The van der Waals surface area contributed by atoms with Crippen molar-refractivity contribution in [3.05, 3.63) is 57.4 Å². The van der Waals surface area contributed by atoms with Crippen LogP contribution in [0.5, 0.6) is 11.5 Å². The van der Waals surface area contributed by atoms with Gasteiger partial charge in [0.1, 0.15) is 0 Å². The monoisotopic (exact) mass is 440 g/mol. The van der Waals surface area contributed by atoms with E-state index in [-0.39, 0.29) is 22.5 Å². The van der Waals surface area contributed by atoms with Crippen LogP contribution in [-0.2, 0) is 4.79 Å². The number of amides is 1. The lowest BCUT2D eigenvalue weighted by molar-refractivity contribution is -0.113. The fourth-order valence-electron chi connectivity index (χ4n) is 3.25. The van der Waals surface area contributed by atoms with Gasteiger partial charge in [0.15, 0.2) is 22.3 Å². The van der Waals surface area contributed by atoms with Crippen molar-refractivity contribution in [1.82, 2.24) is 15.2 Å². The maximum Gasteiger partial charge on any atom is 0.278 e. The molecule has 8 nitrogen and oxygen atoms in total. The Labute approximate surface area is 184 Å². The molecule has 3 aromatic rings. The van der Waals surface area contributed by atoms with E-state index in [9.17, 15) is 9.59 Å². The number of ether oxygens (including phenoxy) is 2. The van der Waals surface area contributed by atoms with Crippen molar-refractivity contribution in [3.63, 3.8) is 0 Å². The van der Waals surface area contributed by atoms with E-state index in [1.807, 2.05) is 32.9 Å². The molecular weight excluding hydrogens is 416 g/mol. The largest absolute Gasteiger partial charge is 0.493 e. The number of benzene rings is 2. The standard InChI is InChI=1S/C22H24N4O4S/c1-12-8-13(2)19(14(3)9-12)23-18(27)11-31-22-24-21(28)20(25-26-22)15-6-7-16(29-4)17(10-15)30-5/h6-10H,11H2,1-5H3,(H,23,27)(H,24,26,28). The van der Waals surface area contributed by atoms with Crippen LogP contribution in [0.25, 0.3) is 11.3 Å². The molecule has 1 amide bonds. The Balaban J connectivity index is 1.70. The Morgan fingerprint density at radius 2 is 1.71 bits per heavy atom. The fraction of sp³-hybridized carbons (Fsp3) is 0.273. The van der Waals surface area contributed by atoms with Gasteiger partial charge in [-0.15, -0.1) is 10.2 Å². The Morgan fingerprint density at radius 3 is 2.32 bits per heavy atom. The minimum atomic E-state index is -0.407. The molecule has 0 radical (unpaired) electrons. The number of thioether (sulfide) groups is 1. The minimum absolute atomic E-state index is 0.0904. The molecule has 2 N–H and O–H groups in total. The number of hydrogen-bond acceptors (Lipinski definition) is 7. The molecule has 0 saturated carbocycles. The third-order valence-electron chi connectivity index (χ3n) is 4.61. The summed E-state index contributed by atoms with van der Waals surface area (Å²) in [5.74, 6) is 0.935. The number of rotatable bonds is 7. The van der Waals surface area contributed by atoms with Gasteiger partial charge >= 0.3 is 0 Å². The molecule has 1 heterocycles. The Morgan fingerprint density at radius 1 is 1.03 bits per heavy atom.